The summed E-state index contributed by atoms with van der Waals surface area (Å²) >= 11 is 0. The molecular formula is C12H16N2O3. The van der Waals surface area contributed by atoms with Crippen LogP contribution in [0.1, 0.15) is 19.4 Å². The topological polar surface area (TPSA) is 73.9 Å². The van der Waals surface area contributed by atoms with Gasteiger partial charge in [0.05, 0.1) is 12.3 Å². The van der Waals surface area contributed by atoms with Gasteiger partial charge in [-0.15, -0.1) is 0 Å². The number of rotatable bonds is 5. The van der Waals surface area contributed by atoms with Crippen LogP contribution in [0.5, 0.6) is 5.75 Å². The lowest BCUT2D eigenvalue weighted by molar-refractivity contribution is -0.149. The molecule has 1 aromatic rings. The molecule has 0 aromatic heterocycles. The molecule has 5 heteroatoms. The number of hydrogen-bond acceptors (Lipinski definition) is 5. The highest BCUT2D eigenvalue weighted by atomic mass is 16.6. The average molecular weight is 236 g/mol. The van der Waals surface area contributed by atoms with E-state index in [1.807, 2.05) is 0 Å². The van der Waals surface area contributed by atoms with E-state index < -0.39 is 0 Å². The second kappa shape index (κ2) is 6.52. The van der Waals surface area contributed by atoms with Crippen LogP contribution in [0.2, 0.25) is 0 Å². The maximum absolute atomic E-state index is 11.2. The molecule has 2 N–H and O–H groups in total. The largest absolute Gasteiger partial charge is 0.482 e. The first-order valence-corrected chi connectivity index (χ1v) is 5.27. The van der Waals surface area contributed by atoms with Gasteiger partial charge in [-0.1, -0.05) is 0 Å². The third-order valence-electron chi connectivity index (χ3n) is 1.83. The molecule has 1 rings (SSSR count). The van der Waals surface area contributed by atoms with Crippen LogP contribution in [0.15, 0.2) is 29.4 Å². The van der Waals surface area contributed by atoms with Gasteiger partial charge in [-0.25, -0.2) is 4.79 Å². The minimum atomic E-state index is -0.382. The Balaban J connectivity index is 2.44. The predicted molar refractivity (Wildman–Crippen MR) is 64.9 cm³/mol. The summed E-state index contributed by atoms with van der Waals surface area (Å²) in [6.45, 7) is 3.49. The second-order valence-electron chi connectivity index (χ2n) is 3.67. The highest BCUT2D eigenvalue weighted by Crippen LogP contribution is 2.11. The summed E-state index contributed by atoms with van der Waals surface area (Å²) < 4.78 is 10.2. The molecule has 92 valence electrons. The number of hydrogen-bond donors (Lipinski definition) is 1. The van der Waals surface area contributed by atoms with Crippen LogP contribution in [-0.4, -0.2) is 24.9 Å². The van der Waals surface area contributed by atoms with Gasteiger partial charge in [0, 0.05) is 0 Å². The fraction of sp³-hybridized carbons (Fsp3) is 0.333. The Labute approximate surface area is 100 Å². The molecule has 0 amide bonds. The van der Waals surface area contributed by atoms with Crippen molar-refractivity contribution in [1.29, 1.82) is 0 Å². The summed E-state index contributed by atoms with van der Waals surface area (Å²) in [5.74, 6) is 5.24. The zero-order chi connectivity index (χ0) is 12.7. The van der Waals surface area contributed by atoms with E-state index in [2.05, 4.69) is 5.10 Å². The average Bonchev–Trinajstić information content (AvgIpc) is 2.28. The zero-order valence-corrected chi connectivity index (χ0v) is 9.92. The summed E-state index contributed by atoms with van der Waals surface area (Å²) in [7, 11) is 0. The van der Waals surface area contributed by atoms with Gasteiger partial charge in [0.2, 0.25) is 0 Å². The Morgan fingerprint density at radius 3 is 2.59 bits per heavy atom. The number of benzene rings is 1. The molecule has 0 spiro atoms. The molecule has 0 saturated heterocycles. The van der Waals surface area contributed by atoms with Crippen molar-refractivity contribution >= 4 is 12.2 Å². The SMILES string of the molecule is CC(C)OC(=O)COc1ccc(C=NN)cc1. The Bertz CT molecular complexity index is 385. The number of carbonyl (C=O) groups excluding carboxylic acids is 1. The van der Waals surface area contributed by atoms with Crippen molar-refractivity contribution < 1.29 is 14.3 Å². The Morgan fingerprint density at radius 2 is 2.06 bits per heavy atom. The van der Waals surface area contributed by atoms with Crippen LogP contribution in [0.3, 0.4) is 0 Å². The summed E-state index contributed by atoms with van der Waals surface area (Å²) in [5, 5.41) is 3.40. The number of nitrogens with two attached hydrogens (primary N) is 1. The van der Waals surface area contributed by atoms with E-state index in [0.29, 0.717) is 5.75 Å². The van der Waals surface area contributed by atoms with Gasteiger partial charge < -0.3 is 15.3 Å². The van der Waals surface area contributed by atoms with E-state index in [0.717, 1.165) is 5.56 Å². The summed E-state index contributed by atoms with van der Waals surface area (Å²) in [5.41, 5.74) is 0.865. The van der Waals surface area contributed by atoms with Gasteiger partial charge in [-0.05, 0) is 43.7 Å². The van der Waals surface area contributed by atoms with Gasteiger partial charge >= 0.3 is 5.97 Å². The van der Waals surface area contributed by atoms with E-state index in [1.165, 1.54) is 6.21 Å². The van der Waals surface area contributed by atoms with Crippen molar-refractivity contribution in [2.75, 3.05) is 6.61 Å². The fourth-order valence-corrected chi connectivity index (χ4v) is 1.18. The number of nitrogens with zero attached hydrogens (tertiary/aromatic N) is 1. The number of hydrazone groups is 1. The molecular weight excluding hydrogens is 220 g/mol. The van der Waals surface area contributed by atoms with E-state index in [1.54, 1.807) is 38.1 Å². The number of carbonyl (C=O) groups is 1. The zero-order valence-electron chi connectivity index (χ0n) is 9.92. The molecule has 0 unspecified atom stereocenters. The molecule has 0 bridgehead atoms. The van der Waals surface area contributed by atoms with Crippen LogP contribution in [-0.2, 0) is 9.53 Å². The highest BCUT2D eigenvalue weighted by molar-refractivity contribution is 5.79. The van der Waals surface area contributed by atoms with Crippen LogP contribution in [0.4, 0.5) is 0 Å². The summed E-state index contributed by atoms with van der Waals surface area (Å²) in [6, 6.07) is 7.05. The summed E-state index contributed by atoms with van der Waals surface area (Å²) in [6.07, 6.45) is 1.39. The monoisotopic (exact) mass is 236 g/mol. The molecule has 1 aromatic carbocycles. The number of esters is 1. The van der Waals surface area contributed by atoms with Gasteiger partial charge in [-0.2, -0.15) is 5.10 Å². The van der Waals surface area contributed by atoms with Crippen molar-refractivity contribution in [2.24, 2.45) is 10.9 Å². The third-order valence-corrected chi connectivity index (χ3v) is 1.83. The normalized spacial score (nSPS) is 10.8. The maximum Gasteiger partial charge on any atom is 0.344 e. The summed E-state index contributed by atoms with van der Waals surface area (Å²) in [4.78, 5) is 11.2. The van der Waals surface area contributed by atoms with Crippen molar-refractivity contribution in [1.82, 2.24) is 0 Å². The molecule has 0 saturated carbocycles. The first-order chi connectivity index (χ1) is 8.11. The first kappa shape index (κ1) is 13.0. The Hall–Kier alpha value is -2.04. The minimum Gasteiger partial charge on any atom is -0.482 e. The third kappa shape index (κ3) is 5.01. The minimum absolute atomic E-state index is 0.0947. The van der Waals surface area contributed by atoms with Crippen LogP contribution in [0, 0.1) is 0 Å². The lowest BCUT2D eigenvalue weighted by Gasteiger charge is -2.09. The van der Waals surface area contributed by atoms with E-state index in [9.17, 15) is 4.79 Å². The van der Waals surface area contributed by atoms with Crippen molar-refractivity contribution in [3.8, 4) is 5.75 Å². The molecule has 0 fully saturated rings. The van der Waals surface area contributed by atoms with Crippen molar-refractivity contribution in [2.45, 2.75) is 20.0 Å². The standard InChI is InChI=1S/C12H16N2O3/c1-9(2)17-12(15)8-16-11-5-3-10(4-6-11)7-14-13/h3-7,9H,8,13H2,1-2H3. The van der Waals surface area contributed by atoms with Crippen LogP contribution >= 0.6 is 0 Å². The Kier molecular flexibility index (Phi) is 5.00. The second-order valence-corrected chi connectivity index (χ2v) is 3.67. The highest BCUT2D eigenvalue weighted by Gasteiger charge is 2.06. The maximum atomic E-state index is 11.2. The lowest BCUT2D eigenvalue weighted by Crippen LogP contribution is -2.18. The van der Waals surface area contributed by atoms with Gasteiger partial charge in [-0.3, -0.25) is 0 Å². The molecule has 0 radical (unpaired) electrons. The first-order valence-electron chi connectivity index (χ1n) is 5.27. The lowest BCUT2D eigenvalue weighted by atomic mass is 10.2. The van der Waals surface area contributed by atoms with Crippen LogP contribution < -0.4 is 10.6 Å². The van der Waals surface area contributed by atoms with Gasteiger partial charge in [0.1, 0.15) is 5.75 Å². The van der Waals surface area contributed by atoms with E-state index in [4.69, 9.17) is 15.3 Å². The molecule has 0 aliphatic carbocycles. The molecule has 0 aliphatic heterocycles. The molecule has 0 heterocycles. The molecule has 0 atom stereocenters. The molecule has 17 heavy (non-hydrogen) atoms. The molecule has 5 nitrogen and oxygen atoms in total. The smallest absolute Gasteiger partial charge is 0.344 e. The Morgan fingerprint density at radius 1 is 1.41 bits per heavy atom. The van der Waals surface area contributed by atoms with Crippen molar-refractivity contribution in [3.63, 3.8) is 0 Å². The predicted octanol–water partition coefficient (Wildman–Crippen LogP) is 1.31. The van der Waals surface area contributed by atoms with Crippen molar-refractivity contribution in [3.05, 3.63) is 29.8 Å². The molecule has 0 aliphatic rings. The fourth-order valence-electron chi connectivity index (χ4n) is 1.18. The van der Waals surface area contributed by atoms with E-state index >= 15 is 0 Å². The van der Waals surface area contributed by atoms with Gasteiger partial charge in [0.15, 0.2) is 6.61 Å². The van der Waals surface area contributed by atoms with E-state index in [-0.39, 0.29) is 18.7 Å². The van der Waals surface area contributed by atoms with Gasteiger partial charge in [0.25, 0.3) is 0 Å². The quantitative estimate of drug-likeness (QED) is 0.362. The van der Waals surface area contributed by atoms with Crippen LogP contribution in [0.25, 0.3) is 0 Å². The number of ether oxygens (including phenoxy) is 2.